The fraction of sp³-hybridized carbons (Fsp3) is 0.300. The zero-order valence-electron chi connectivity index (χ0n) is 8.34. The standard InChI is InChI=1S/C10H11BrFNO2/c1-4-3-6(11)8(12)7(5(4)2)9(13)10(14)15/h3,9H,13H2,1-2H3,(H,14,15). The summed E-state index contributed by atoms with van der Waals surface area (Å²) in [5.41, 5.74) is 6.83. The van der Waals surface area contributed by atoms with Crippen molar-refractivity contribution in [1.82, 2.24) is 0 Å². The molecule has 0 heterocycles. The smallest absolute Gasteiger partial charge is 0.325 e. The minimum absolute atomic E-state index is 0.0365. The number of benzene rings is 1. The van der Waals surface area contributed by atoms with Crippen LogP contribution >= 0.6 is 15.9 Å². The van der Waals surface area contributed by atoms with Crippen LogP contribution in [0.15, 0.2) is 10.5 Å². The molecule has 82 valence electrons. The van der Waals surface area contributed by atoms with E-state index in [4.69, 9.17) is 10.8 Å². The van der Waals surface area contributed by atoms with Gasteiger partial charge in [-0.25, -0.2) is 4.39 Å². The number of aliphatic carboxylic acids is 1. The maximum Gasteiger partial charge on any atom is 0.325 e. The van der Waals surface area contributed by atoms with Crippen LogP contribution in [-0.4, -0.2) is 11.1 Å². The van der Waals surface area contributed by atoms with Gasteiger partial charge >= 0.3 is 5.97 Å². The van der Waals surface area contributed by atoms with Crippen LogP contribution in [0.3, 0.4) is 0 Å². The fourth-order valence-electron chi connectivity index (χ4n) is 1.36. The zero-order valence-corrected chi connectivity index (χ0v) is 9.93. The number of hydrogen-bond acceptors (Lipinski definition) is 2. The predicted molar refractivity (Wildman–Crippen MR) is 58.1 cm³/mol. The van der Waals surface area contributed by atoms with E-state index in [2.05, 4.69) is 15.9 Å². The van der Waals surface area contributed by atoms with Crippen LogP contribution in [0.4, 0.5) is 4.39 Å². The molecule has 1 aromatic rings. The third-order valence-electron chi connectivity index (χ3n) is 2.36. The molecule has 0 aliphatic carbocycles. The first-order chi connectivity index (χ1) is 6.86. The zero-order chi connectivity index (χ0) is 11.7. The van der Waals surface area contributed by atoms with Gasteiger partial charge in [0.05, 0.1) is 4.47 Å². The van der Waals surface area contributed by atoms with Crippen LogP contribution in [0.5, 0.6) is 0 Å². The first-order valence-electron chi connectivity index (χ1n) is 4.29. The summed E-state index contributed by atoms with van der Waals surface area (Å²) in [6.45, 7) is 3.43. The summed E-state index contributed by atoms with van der Waals surface area (Å²) in [4.78, 5) is 10.7. The molecule has 3 N–H and O–H groups in total. The maximum atomic E-state index is 13.7. The van der Waals surface area contributed by atoms with Crippen molar-refractivity contribution in [2.75, 3.05) is 0 Å². The Morgan fingerprint density at radius 1 is 1.60 bits per heavy atom. The average Bonchev–Trinajstić information content (AvgIpc) is 2.15. The Morgan fingerprint density at radius 3 is 2.60 bits per heavy atom. The minimum Gasteiger partial charge on any atom is -0.480 e. The van der Waals surface area contributed by atoms with Crippen LogP contribution in [0.25, 0.3) is 0 Å². The molecule has 0 spiro atoms. The Kier molecular flexibility index (Phi) is 3.46. The van der Waals surface area contributed by atoms with Gasteiger partial charge in [-0.3, -0.25) is 4.79 Å². The molecule has 3 nitrogen and oxygen atoms in total. The molecular formula is C10H11BrFNO2. The molecule has 0 radical (unpaired) electrons. The molecule has 0 aliphatic heterocycles. The highest BCUT2D eigenvalue weighted by atomic mass is 79.9. The Morgan fingerprint density at radius 2 is 2.13 bits per heavy atom. The van der Waals surface area contributed by atoms with Crippen molar-refractivity contribution >= 4 is 21.9 Å². The van der Waals surface area contributed by atoms with E-state index in [9.17, 15) is 9.18 Å². The van der Waals surface area contributed by atoms with Crippen LogP contribution < -0.4 is 5.73 Å². The number of aryl methyl sites for hydroxylation is 1. The van der Waals surface area contributed by atoms with E-state index in [1.54, 1.807) is 19.9 Å². The van der Waals surface area contributed by atoms with Gasteiger partial charge in [0.2, 0.25) is 0 Å². The summed E-state index contributed by atoms with van der Waals surface area (Å²) in [6, 6.07) is 0.268. The molecule has 1 rings (SSSR count). The molecule has 5 heteroatoms. The molecule has 0 bridgehead atoms. The lowest BCUT2D eigenvalue weighted by atomic mass is 9.97. The Bertz CT molecular complexity index is 394. The Labute approximate surface area is 95.2 Å². The van der Waals surface area contributed by atoms with E-state index < -0.39 is 17.8 Å². The van der Waals surface area contributed by atoms with Gasteiger partial charge in [-0.05, 0) is 47.0 Å². The fourth-order valence-corrected chi connectivity index (χ4v) is 1.92. The van der Waals surface area contributed by atoms with Gasteiger partial charge in [0, 0.05) is 5.56 Å². The molecule has 0 aromatic heterocycles. The van der Waals surface area contributed by atoms with Crippen molar-refractivity contribution in [3.63, 3.8) is 0 Å². The summed E-state index contributed by atoms with van der Waals surface area (Å²) in [6.07, 6.45) is 0. The molecule has 1 aromatic carbocycles. The largest absolute Gasteiger partial charge is 0.480 e. The number of nitrogens with two attached hydrogens (primary N) is 1. The highest BCUT2D eigenvalue weighted by molar-refractivity contribution is 9.10. The predicted octanol–water partition coefficient (Wildman–Crippen LogP) is 2.29. The Hall–Kier alpha value is -0.940. The Balaban J connectivity index is 3.45. The van der Waals surface area contributed by atoms with Gasteiger partial charge in [0.1, 0.15) is 11.9 Å². The normalized spacial score (nSPS) is 12.6. The molecule has 0 saturated heterocycles. The first kappa shape index (κ1) is 12.1. The quantitative estimate of drug-likeness (QED) is 0.871. The third kappa shape index (κ3) is 2.18. The maximum absolute atomic E-state index is 13.7. The summed E-state index contributed by atoms with van der Waals surface area (Å²) >= 11 is 3.02. The minimum atomic E-state index is -1.33. The van der Waals surface area contributed by atoms with Crippen molar-refractivity contribution in [2.45, 2.75) is 19.9 Å². The van der Waals surface area contributed by atoms with Gasteiger partial charge in [-0.2, -0.15) is 0 Å². The van der Waals surface area contributed by atoms with Gasteiger partial charge in [0.15, 0.2) is 0 Å². The summed E-state index contributed by atoms with van der Waals surface area (Å²) < 4.78 is 13.9. The molecule has 0 fully saturated rings. The van der Waals surface area contributed by atoms with Crippen LogP contribution in [0.1, 0.15) is 22.7 Å². The van der Waals surface area contributed by atoms with Crippen molar-refractivity contribution in [2.24, 2.45) is 5.73 Å². The topological polar surface area (TPSA) is 63.3 Å². The van der Waals surface area contributed by atoms with Gasteiger partial charge in [0.25, 0.3) is 0 Å². The van der Waals surface area contributed by atoms with E-state index in [1.807, 2.05) is 0 Å². The second-order valence-corrected chi connectivity index (χ2v) is 4.20. The van der Waals surface area contributed by atoms with Gasteiger partial charge < -0.3 is 10.8 Å². The number of carboxylic acid groups (broad SMARTS) is 1. The number of hydrogen-bond donors (Lipinski definition) is 2. The van der Waals surface area contributed by atoms with Crippen molar-refractivity contribution in [3.05, 3.63) is 33.0 Å². The number of carbonyl (C=O) groups is 1. The average molecular weight is 276 g/mol. The van der Waals surface area contributed by atoms with Crippen molar-refractivity contribution in [1.29, 1.82) is 0 Å². The van der Waals surface area contributed by atoms with Crippen molar-refractivity contribution in [3.8, 4) is 0 Å². The molecule has 1 unspecified atom stereocenters. The summed E-state index contributed by atoms with van der Waals surface area (Å²) in [5, 5.41) is 8.76. The van der Waals surface area contributed by atoms with Crippen LogP contribution in [0.2, 0.25) is 0 Å². The van der Waals surface area contributed by atoms with E-state index in [1.165, 1.54) is 0 Å². The lowest BCUT2D eigenvalue weighted by Gasteiger charge is -2.14. The molecule has 15 heavy (non-hydrogen) atoms. The summed E-state index contributed by atoms with van der Waals surface area (Å²) in [5.74, 6) is -1.84. The number of rotatable bonds is 2. The number of halogens is 2. The van der Waals surface area contributed by atoms with Gasteiger partial charge in [-0.15, -0.1) is 0 Å². The van der Waals surface area contributed by atoms with Crippen LogP contribution in [0, 0.1) is 19.7 Å². The third-order valence-corrected chi connectivity index (χ3v) is 2.94. The lowest BCUT2D eigenvalue weighted by molar-refractivity contribution is -0.138. The van der Waals surface area contributed by atoms with Crippen LogP contribution in [-0.2, 0) is 4.79 Å². The molecule has 1 atom stereocenters. The second kappa shape index (κ2) is 4.28. The molecule has 0 saturated carbocycles. The van der Waals surface area contributed by atoms with E-state index in [0.29, 0.717) is 5.56 Å². The molecular weight excluding hydrogens is 265 g/mol. The SMILES string of the molecule is Cc1cc(Br)c(F)c(C(N)C(=O)O)c1C. The first-order valence-corrected chi connectivity index (χ1v) is 5.09. The monoisotopic (exact) mass is 275 g/mol. The van der Waals surface area contributed by atoms with E-state index >= 15 is 0 Å². The van der Waals surface area contributed by atoms with E-state index in [0.717, 1.165) is 5.56 Å². The van der Waals surface area contributed by atoms with Crippen molar-refractivity contribution < 1.29 is 14.3 Å². The highest BCUT2D eigenvalue weighted by Crippen LogP contribution is 2.28. The van der Waals surface area contributed by atoms with E-state index in [-0.39, 0.29) is 10.0 Å². The molecule has 0 aliphatic rings. The number of carboxylic acids is 1. The highest BCUT2D eigenvalue weighted by Gasteiger charge is 2.23. The van der Waals surface area contributed by atoms with Gasteiger partial charge in [-0.1, -0.05) is 0 Å². The summed E-state index contributed by atoms with van der Waals surface area (Å²) in [7, 11) is 0. The lowest BCUT2D eigenvalue weighted by Crippen LogP contribution is -2.23. The second-order valence-electron chi connectivity index (χ2n) is 3.34. The molecule has 0 amide bonds.